The molecule has 4 heteroatoms. The van der Waals surface area contributed by atoms with Crippen LogP contribution in [0.1, 0.15) is 32.1 Å². The second kappa shape index (κ2) is 7.57. The number of carbonyl (C=O) groups excluding carboxylic acids is 1. The maximum Gasteiger partial charge on any atom is 0.233 e. The van der Waals surface area contributed by atoms with E-state index in [0.29, 0.717) is 0 Å². The van der Waals surface area contributed by atoms with Crippen molar-refractivity contribution < 1.29 is 4.79 Å². The van der Waals surface area contributed by atoms with Crippen molar-refractivity contribution >= 4 is 33.6 Å². The lowest BCUT2D eigenvalue weighted by atomic mass is 10.2. The summed E-state index contributed by atoms with van der Waals surface area (Å²) in [5.74, 6) is 1.41. The lowest BCUT2D eigenvalue weighted by molar-refractivity contribution is -0.120. The summed E-state index contributed by atoms with van der Waals surface area (Å²) in [5, 5.41) is 4.32. The number of alkyl halides is 1. The Hall–Kier alpha value is 0.300. The lowest BCUT2D eigenvalue weighted by Gasteiger charge is -2.09. The van der Waals surface area contributed by atoms with Crippen molar-refractivity contribution in [3.8, 4) is 0 Å². The standard InChI is InChI=1S/C10H18BrNOS/c11-6-2-1-3-7-12-10(13)9-5-4-8-14-9/h9H,1-8H2,(H,12,13). The quantitative estimate of drug-likeness (QED) is 0.598. The van der Waals surface area contributed by atoms with Gasteiger partial charge in [-0.3, -0.25) is 4.79 Å². The zero-order valence-corrected chi connectivity index (χ0v) is 10.8. The number of hydrogen-bond acceptors (Lipinski definition) is 2. The monoisotopic (exact) mass is 279 g/mol. The molecule has 1 aliphatic rings. The molecule has 1 aliphatic heterocycles. The summed E-state index contributed by atoms with van der Waals surface area (Å²) in [6.45, 7) is 0.850. The predicted octanol–water partition coefficient (Wildman–Crippen LogP) is 2.56. The van der Waals surface area contributed by atoms with Gasteiger partial charge < -0.3 is 5.32 Å². The molecule has 1 amide bonds. The van der Waals surface area contributed by atoms with Gasteiger partial charge in [0.2, 0.25) is 5.91 Å². The second-order valence-electron chi connectivity index (χ2n) is 3.54. The first-order valence-corrected chi connectivity index (χ1v) is 7.47. The largest absolute Gasteiger partial charge is 0.355 e. The van der Waals surface area contributed by atoms with Gasteiger partial charge in [-0.2, -0.15) is 0 Å². The lowest BCUT2D eigenvalue weighted by Crippen LogP contribution is -2.31. The summed E-state index contributed by atoms with van der Waals surface area (Å²) in [4.78, 5) is 11.5. The highest BCUT2D eigenvalue weighted by molar-refractivity contribution is 9.09. The molecule has 0 spiro atoms. The van der Waals surface area contributed by atoms with Gasteiger partial charge >= 0.3 is 0 Å². The Bertz CT molecular complexity index is 172. The molecular formula is C10H18BrNOS. The van der Waals surface area contributed by atoms with Crippen LogP contribution < -0.4 is 5.32 Å². The predicted molar refractivity (Wildman–Crippen MR) is 66.1 cm³/mol. The van der Waals surface area contributed by atoms with Crippen LogP contribution in [0.2, 0.25) is 0 Å². The van der Waals surface area contributed by atoms with Crippen molar-refractivity contribution in [1.82, 2.24) is 5.32 Å². The van der Waals surface area contributed by atoms with Crippen molar-refractivity contribution in [2.75, 3.05) is 17.6 Å². The Morgan fingerprint density at radius 2 is 2.29 bits per heavy atom. The first-order chi connectivity index (χ1) is 6.84. The minimum Gasteiger partial charge on any atom is -0.355 e. The number of amides is 1. The summed E-state index contributed by atoms with van der Waals surface area (Å²) >= 11 is 5.19. The minimum atomic E-state index is 0.242. The van der Waals surface area contributed by atoms with Crippen LogP contribution in [0.4, 0.5) is 0 Å². The van der Waals surface area contributed by atoms with Gasteiger partial charge in [0, 0.05) is 11.9 Å². The average molecular weight is 280 g/mol. The van der Waals surface area contributed by atoms with Gasteiger partial charge in [-0.15, -0.1) is 11.8 Å². The van der Waals surface area contributed by atoms with E-state index >= 15 is 0 Å². The van der Waals surface area contributed by atoms with Gasteiger partial charge in [-0.05, 0) is 31.4 Å². The van der Waals surface area contributed by atoms with E-state index in [2.05, 4.69) is 21.2 Å². The van der Waals surface area contributed by atoms with Crippen molar-refractivity contribution in [1.29, 1.82) is 0 Å². The molecule has 0 aliphatic carbocycles. The van der Waals surface area contributed by atoms with E-state index in [9.17, 15) is 4.79 Å². The van der Waals surface area contributed by atoms with E-state index in [1.165, 1.54) is 19.3 Å². The molecule has 0 saturated carbocycles. The van der Waals surface area contributed by atoms with E-state index in [0.717, 1.165) is 30.5 Å². The second-order valence-corrected chi connectivity index (χ2v) is 5.65. The zero-order valence-electron chi connectivity index (χ0n) is 8.43. The Labute approximate surface area is 98.7 Å². The fraction of sp³-hybridized carbons (Fsp3) is 0.900. The Balaban J connectivity index is 1.97. The van der Waals surface area contributed by atoms with Crippen molar-refractivity contribution in [3.63, 3.8) is 0 Å². The number of thioether (sulfide) groups is 1. The van der Waals surface area contributed by atoms with Crippen LogP contribution in [0.3, 0.4) is 0 Å². The SMILES string of the molecule is O=C(NCCCCCBr)C1CCCS1. The highest BCUT2D eigenvalue weighted by Crippen LogP contribution is 2.25. The maximum atomic E-state index is 11.5. The molecule has 1 fully saturated rings. The molecule has 0 aromatic heterocycles. The molecule has 1 heterocycles. The topological polar surface area (TPSA) is 29.1 Å². The third-order valence-electron chi connectivity index (χ3n) is 2.33. The molecule has 0 aromatic rings. The van der Waals surface area contributed by atoms with Gasteiger partial charge in [0.15, 0.2) is 0 Å². The third-order valence-corrected chi connectivity index (χ3v) is 4.27. The number of hydrogen-bond donors (Lipinski definition) is 1. The van der Waals surface area contributed by atoms with E-state index < -0.39 is 0 Å². The average Bonchev–Trinajstić information content (AvgIpc) is 2.70. The molecule has 1 saturated heterocycles. The molecule has 1 atom stereocenters. The van der Waals surface area contributed by atoms with E-state index in [1.54, 1.807) is 11.8 Å². The molecule has 1 N–H and O–H groups in total. The smallest absolute Gasteiger partial charge is 0.233 e. The summed E-state index contributed by atoms with van der Waals surface area (Å²) in [5.41, 5.74) is 0. The molecule has 2 nitrogen and oxygen atoms in total. The Morgan fingerprint density at radius 3 is 2.93 bits per heavy atom. The highest BCUT2D eigenvalue weighted by atomic mass is 79.9. The molecule has 0 radical (unpaired) electrons. The number of halogens is 1. The molecule has 1 rings (SSSR count). The normalized spacial score (nSPS) is 21.1. The van der Waals surface area contributed by atoms with Crippen LogP contribution >= 0.6 is 27.7 Å². The Kier molecular flexibility index (Phi) is 6.69. The highest BCUT2D eigenvalue weighted by Gasteiger charge is 2.22. The van der Waals surface area contributed by atoms with Gasteiger partial charge in [-0.25, -0.2) is 0 Å². The Morgan fingerprint density at radius 1 is 1.43 bits per heavy atom. The summed E-state index contributed by atoms with van der Waals surface area (Å²) in [6, 6.07) is 0. The van der Waals surface area contributed by atoms with Crippen LogP contribution in [-0.4, -0.2) is 28.8 Å². The maximum absolute atomic E-state index is 11.5. The third kappa shape index (κ3) is 4.69. The number of unbranched alkanes of at least 4 members (excludes halogenated alkanes) is 2. The minimum absolute atomic E-state index is 0.242. The van der Waals surface area contributed by atoms with E-state index in [4.69, 9.17) is 0 Å². The van der Waals surface area contributed by atoms with Gasteiger partial charge in [0.05, 0.1) is 5.25 Å². The molecule has 14 heavy (non-hydrogen) atoms. The molecular weight excluding hydrogens is 262 g/mol. The first-order valence-electron chi connectivity index (χ1n) is 5.30. The van der Waals surface area contributed by atoms with Crippen LogP contribution in [0.5, 0.6) is 0 Å². The molecule has 82 valence electrons. The number of rotatable bonds is 6. The van der Waals surface area contributed by atoms with E-state index in [-0.39, 0.29) is 11.2 Å². The molecule has 0 aromatic carbocycles. The van der Waals surface area contributed by atoms with Crippen molar-refractivity contribution in [2.24, 2.45) is 0 Å². The first kappa shape index (κ1) is 12.4. The summed E-state index contributed by atoms with van der Waals surface area (Å²) in [6.07, 6.45) is 5.77. The zero-order chi connectivity index (χ0) is 10.2. The number of carbonyl (C=O) groups is 1. The fourth-order valence-corrected chi connectivity index (χ4v) is 3.09. The summed E-state index contributed by atoms with van der Waals surface area (Å²) < 4.78 is 0. The number of nitrogens with one attached hydrogen (secondary N) is 1. The van der Waals surface area contributed by atoms with Crippen molar-refractivity contribution in [2.45, 2.75) is 37.4 Å². The van der Waals surface area contributed by atoms with Crippen LogP contribution in [-0.2, 0) is 4.79 Å². The van der Waals surface area contributed by atoms with Gasteiger partial charge in [-0.1, -0.05) is 22.4 Å². The van der Waals surface area contributed by atoms with Crippen LogP contribution in [0.25, 0.3) is 0 Å². The van der Waals surface area contributed by atoms with Crippen molar-refractivity contribution in [3.05, 3.63) is 0 Å². The van der Waals surface area contributed by atoms with Gasteiger partial charge in [0.25, 0.3) is 0 Å². The fourth-order valence-electron chi connectivity index (χ4n) is 1.51. The van der Waals surface area contributed by atoms with E-state index in [1.807, 2.05) is 0 Å². The summed E-state index contributed by atoms with van der Waals surface area (Å²) in [7, 11) is 0. The van der Waals surface area contributed by atoms with Gasteiger partial charge in [0.1, 0.15) is 0 Å². The van der Waals surface area contributed by atoms with Crippen LogP contribution in [0.15, 0.2) is 0 Å². The molecule has 1 unspecified atom stereocenters. The molecule has 0 bridgehead atoms. The van der Waals surface area contributed by atoms with Crippen LogP contribution in [0, 0.1) is 0 Å².